The van der Waals surface area contributed by atoms with E-state index in [1.165, 1.54) is 20.3 Å². The Morgan fingerprint density at radius 1 is 1.27 bits per heavy atom. The van der Waals surface area contributed by atoms with Crippen LogP contribution >= 0.6 is 0 Å². The molecule has 0 radical (unpaired) electrons. The first kappa shape index (κ1) is 16.6. The third-order valence-corrected chi connectivity index (χ3v) is 4.92. The molecule has 1 fully saturated rings. The summed E-state index contributed by atoms with van der Waals surface area (Å²) in [6, 6.07) is 2.73. The zero-order valence-corrected chi connectivity index (χ0v) is 13.4. The van der Waals surface area contributed by atoms with Crippen molar-refractivity contribution < 1.29 is 27.8 Å². The number of aliphatic carboxylic acids is 1. The van der Waals surface area contributed by atoms with E-state index in [0.29, 0.717) is 17.7 Å². The molecule has 0 bridgehead atoms. The first-order valence-electron chi connectivity index (χ1n) is 6.70. The van der Waals surface area contributed by atoms with Crippen LogP contribution in [0.4, 0.5) is 0 Å². The van der Waals surface area contributed by atoms with Crippen LogP contribution in [0.3, 0.4) is 0 Å². The molecule has 0 saturated carbocycles. The fourth-order valence-electron chi connectivity index (χ4n) is 2.76. The van der Waals surface area contributed by atoms with Gasteiger partial charge in [-0.25, -0.2) is 8.42 Å². The van der Waals surface area contributed by atoms with Crippen LogP contribution in [0.5, 0.6) is 11.5 Å². The third kappa shape index (κ3) is 3.02. The van der Waals surface area contributed by atoms with Gasteiger partial charge in [0.15, 0.2) is 9.84 Å². The van der Waals surface area contributed by atoms with Crippen LogP contribution in [-0.2, 0) is 14.6 Å². The largest absolute Gasteiger partial charge is 0.496 e. The van der Waals surface area contributed by atoms with Crippen molar-refractivity contribution in [2.24, 2.45) is 5.92 Å². The monoisotopic (exact) mass is 329 g/mol. The van der Waals surface area contributed by atoms with E-state index in [1.54, 1.807) is 6.07 Å². The van der Waals surface area contributed by atoms with E-state index < -0.39 is 27.8 Å². The lowest BCUT2D eigenvalue weighted by Crippen LogP contribution is -2.19. The molecule has 0 aromatic heterocycles. The van der Waals surface area contributed by atoms with Crippen molar-refractivity contribution >= 4 is 15.8 Å². The summed E-state index contributed by atoms with van der Waals surface area (Å²) >= 11 is 0. The van der Waals surface area contributed by atoms with Crippen molar-refractivity contribution in [1.29, 1.82) is 0 Å². The van der Waals surface area contributed by atoms with E-state index in [9.17, 15) is 13.2 Å². The smallest absolute Gasteiger partial charge is 0.307 e. The van der Waals surface area contributed by atoms with Gasteiger partial charge < -0.3 is 19.9 Å². The van der Waals surface area contributed by atoms with E-state index in [4.69, 9.17) is 14.6 Å². The number of hydrogen-bond donors (Lipinski definition) is 2. The van der Waals surface area contributed by atoms with Gasteiger partial charge in [-0.05, 0) is 18.6 Å². The number of carboxylic acid groups (broad SMARTS) is 1. The SMILES string of the molecule is COc1ccc(OC)c(S(C)(=O)=O)c1C1CC(C(=O)O)CN1. The Hall–Kier alpha value is -1.80. The summed E-state index contributed by atoms with van der Waals surface area (Å²) < 4.78 is 34.8. The minimum Gasteiger partial charge on any atom is -0.496 e. The van der Waals surface area contributed by atoms with Crippen LogP contribution in [0.15, 0.2) is 17.0 Å². The maximum absolute atomic E-state index is 12.2. The fourth-order valence-corrected chi connectivity index (χ4v) is 3.92. The van der Waals surface area contributed by atoms with Crippen LogP contribution in [0.2, 0.25) is 0 Å². The molecule has 0 amide bonds. The molecular weight excluding hydrogens is 310 g/mol. The number of ether oxygens (including phenoxy) is 2. The molecular formula is C14H19NO6S. The van der Waals surface area contributed by atoms with Gasteiger partial charge in [0.2, 0.25) is 0 Å². The van der Waals surface area contributed by atoms with Gasteiger partial charge in [-0.3, -0.25) is 4.79 Å². The van der Waals surface area contributed by atoms with E-state index in [2.05, 4.69) is 5.32 Å². The van der Waals surface area contributed by atoms with E-state index in [-0.39, 0.29) is 17.2 Å². The van der Waals surface area contributed by atoms with Crippen molar-refractivity contribution in [1.82, 2.24) is 5.32 Å². The van der Waals surface area contributed by atoms with E-state index in [0.717, 1.165) is 6.26 Å². The van der Waals surface area contributed by atoms with E-state index >= 15 is 0 Å². The first-order chi connectivity index (χ1) is 10.3. The number of benzene rings is 1. The number of methoxy groups -OCH3 is 2. The summed E-state index contributed by atoms with van der Waals surface area (Å²) in [6.07, 6.45) is 1.39. The molecule has 1 aromatic carbocycles. The summed E-state index contributed by atoms with van der Waals surface area (Å²) in [5.41, 5.74) is 0.424. The predicted octanol–water partition coefficient (Wildman–Crippen LogP) is 0.843. The van der Waals surface area contributed by atoms with Gasteiger partial charge in [0, 0.05) is 24.4 Å². The highest BCUT2D eigenvalue weighted by atomic mass is 32.2. The quantitative estimate of drug-likeness (QED) is 0.825. The second-order valence-electron chi connectivity index (χ2n) is 5.22. The molecule has 1 heterocycles. The number of hydrogen-bond acceptors (Lipinski definition) is 6. The minimum absolute atomic E-state index is 0.0397. The summed E-state index contributed by atoms with van der Waals surface area (Å²) in [5.74, 6) is -0.852. The summed E-state index contributed by atoms with van der Waals surface area (Å²) in [6.45, 7) is 0.281. The molecule has 0 aliphatic carbocycles. The predicted molar refractivity (Wildman–Crippen MR) is 79.1 cm³/mol. The molecule has 8 heteroatoms. The normalized spacial score (nSPS) is 21.6. The highest BCUT2D eigenvalue weighted by Crippen LogP contribution is 2.41. The number of carbonyl (C=O) groups is 1. The second-order valence-corrected chi connectivity index (χ2v) is 7.17. The molecule has 1 aromatic rings. The molecule has 2 rings (SSSR count). The summed E-state index contributed by atoms with van der Waals surface area (Å²) in [4.78, 5) is 11.2. The molecule has 22 heavy (non-hydrogen) atoms. The molecule has 1 saturated heterocycles. The Kier molecular flexibility index (Phi) is 4.62. The average Bonchev–Trinajstić information content (AvgIpc) is 2.94. The average molecular weight is 329 g/mol. The Balaban J connectivity index is 2.60. The van der Waals surface area contributed by atoms with Gasteiger partial charge in [0.05, 0.1) is 20.1 Å². The van der Waals surface area contributed by atoms with Gasteiger partial charge in [-0.1, -0.05) is 0 Å². The lowest BCUT2D eigenvalue weighted by Gasteiger charge is -2.20. The van der Waals surface area contributed by atoms with Crippen molar-refractivity contribution in [3.8, 4) is 11.5 Å². The lowest BCUT2D eigenvalue weighted by molar-refractivity contribution is -0.141. The number of sulfone groups is 1. The maximum Gasteiger partial charge on any atom is 0.307 e. The molecule has 7 nitrogen and oxygen atoms in total. The number of rotatable bonds is 5. The molecule has 1 aliphatic rings. The maximum atomic E-state index is 12.2. The minimum atomic E-state index is -3.58. The molecule has 0 spiro atoms. The van der Waals surface area contributed by atoms with Crippen LogP contribution < -0.4 is 14.8 Å². The van der Waals surface area contributed by atoms with Gasteiger partial charge in [0.25, 0.3) is 0 Å². The fraction of sp³-hybridized carbons (Fsp3) is 0.500. The Morgan fingerprint density at radius 2 is 1.86 bits per heavy atom. The third-order valence-electron chi connectivity index (χ3n) is 3.76. The topological polar surface area (TPSA) is 102 Å². The first-order valence-corrected chi connectivity index (χ1v) is 8.59. The number of nitrogens with one attached hydrogen (secondary N) is 1. The zero-order chi connectivity index (χ0) is 16.5. The highest BCUT2D eigenvalue weighted by molar-refractivity contribution is 7.90. The standard InChI is InChI=1S/C14H19NO6S/c1-20-10-4-5-11(21-2)13(22(3,18)19)12(10)9-6-8(7-15-9)14(16)17/h4-5,8-9,15H,6-7H2,1-3H3,(H,16,17). The lowest BCUT2D eigenvalue weighted by atomic mass is 9.99. The molecule has 2 atom stereocenters. The zero-order valence-electron chi connectivity index (χ0n) is 12.6. The van der Waals surface area contributed by atoms with Crippen molar-refractivity contribution in [3.63, 3.8) is 0 Å². The molecule has 122 valence electrons. The van der Waals surface area contributed by atoms with Crippen LogP contribution in [-0.4, -0.2) is 46.5 Å². The van der Waals surface area contributed by atoms with Gasteiger partial charge in [0.1, 0.15) is 16.4 Å². The Morgan fingerprint density at radius 3 is 2.32 bits per heavy atom. The van der Waals surface area contributed by atoms with Crippen LogP contribution in [0.25, 0.3) is 0 Å². The van der Waals surface area contributed by atoms with Gasteiger partial charge in [-0.15, -0.1) is 0 Å². The van der Waals surface area contributed by atoms with Gasteiger partial charge in [-0.2, -0.15) is 0 Å². The van der Waals surface area contributed by atoms with Crippen LogP contribution in [0.1, 0.15) is 18.0 Å². The Labute approximate surface area is 129 Å². The number of carboxylic acids is 1. The van der Waals surface area contributed by atoms with E-state index in [1.807, 2.05) is 0 Å². The Bertz CT molecular complexity index is 685. The molecule has 2 N–H and O–H groups in total. The second kappa shape index (κ2) is 6.13. The highest BCUT2D eigenvalue weighted by Gasteiger charge is 2.36. The summed E-state index contributed by atoms with van der Waals surface area (Å²) in [7, 11) is -0.740. The van der Waals surface area contributed by atoms with Crippen molar-refractivity contribution in [3.05, 3.63) is 17.7 Å². The van der Waals surface area contributed by atoms with Gasteiger partial charge >= 0.3 is 5.97 Å². The molecule has 1 aliphatic heterocycles. The summed E-state index contributed by atoms with van der Waals surface area (Å²) in [5, 5.41) is 12.2. The van der Waals surface area contributed by atoms with Crippen LogP contribution in [0, 0.1) is 5.92 Å². The van der Waals surface area contributed by atoms with Crippen molar-refractivity contribution in [2.45, 2.75) is 17.4 Å². The molecule has 2 unspecified atom stereocenters. The van der Waals surface area contributed by atoms with Crippen molar-refractivity contribution in [2.75, 3.05) is 27.0 Å².